The van der Waals surface area contributed by atoms with Crippen molar-refractivity contribution in [1.82, 2.24) is 4.72 Å². The molecule has 0 amide bonds. The van der Waals surface area contributed by atoms with E-state index < -0.39 is 10.0 Å². The van der Waals surface area contributed by atoms with Crippen molar-refractivity contribution in [3.8, 4) is 0 Å². The van der Waals surface area contributed by atoms with Crippen molar-refractivity contribution in [2.45, 2.75) is 31.6 Å². The van der Waals surface area contributed by atoms with Gasteiger partial charge >= 0.3 is 0 Å². The number of hydrogen-bond acceptors (Lipinski definition) is 2. The van der Waals surface area contributed by atoms with Gasteiger partial charge in [0, 0.05) is 11.6 Å². The predicted molar refractivity (Wildman–Crippen MR) is 95.3 cm³/mol. The Balaban J connectivity index is 1.96. The Bertz CT molecular complexity index is 740. The van der Waals surface area contributed by atoms with Crippen LogP contribution in [-0.4, -0.2) is 15.0 Å². The third-order valence-electron chi connectivity index (χ3n) is 3.47. The summed E-state index contributed by atoms with van der Waals surface area (Å²) in [4.78, 5) is 0.302. The van der Waals surface area contributed by atoms with Gasteiger partial charge in [0.15, 0.2) is 0 Å². The Morgan fingerprint density at radius 2 is 1.74 bits per heavy atom. The Labute approximate surface area is 143 Å². The molecular formula is C18H22ClNO2S. The van der Waals surface area contributed by atoms with E-state index in [1.54, 1.807) is 18.2 Å². The van der Waals surface area contributed by atoms with Crippen molar-refractivity contribution in [1.29, 1.82) is 0 Å². The second-order valence-corrected chi connectivity index (χ2v) is 8.22. The van der Waals surface area contributed by atoms with Crippen molar-refractivity contribution < 1.29 is 8.42 Å². The topological polar surface area (TPSA) is 46.2 Å². The van der Waals surface area contributed by atoms with Gasteiger partial charge in [0.1, 0.15) is 0 Å². The molecule has 0 fully saturated rings. The van der Waals surface area contributed by atoms with Gasteiger partial charge in [0.2, 0.25) is 10.0 Å². The highest BCUT2D eigenvalue weighted by Gasteiger charge is 2.13. The lowest BCUT2D eigenvalue weighted by Gasteiger charge is -2.09. The van der Waals surface area contributed by atoms with Gasteiger partial charge in [0.25, 0.3) is 0 Å². The molecule has 0 aliphatic rings. The van der Waals surface area contributed by atoms with Crippen LogP contribution in [0, 0.1) is 5.92 Å². The van der Waals surface area contributed by atoms with Crippen LogP contribution in [0.15, 0.2) is 53.4 Å². The van der Waals surface area contributed by atoms with Crippen molar-refractivity contribution in [3.63, 3.8) is 0 Å². The smallest absolute Gasteiger partial charge is 0.211 e. The van der Waals surface area contributed by atoms with Crippen LogP contribution in [0.5, 0.6) is 0 Å². The largest absolute Gasteiger partial charge is 0.240 e. The Morgan fingerprint density at radius 3 is 2.35 bits per heavy atom. The molecule has 5 heteroatoms. The standard InChI is InChI=1S/C18H22ClNO2S/c1-14(2)12-16-6-8-18(9-7-16)23(21,22)20-11-10-15-4-3-5-17(19)13-15/h3-9,13-14,20H,10-12H2,1-2H3. The molecule has 0 radical (unpaired) electrons. The summed E-state index contributed by atoms with van der Waals surface area (Å²) in [7, 11) is -3.47. The number of halogens is 1. The molecule has 0 saturated heterocycles. The number of sulfonamides is 1. The van der Waals surface area contributed by atoms with E-state index >= 15 is 0 Å². The minimum Gasteiger partial charge on any atom is -0.211 e. The Morgan fingerprint density at radius 1 is 1.04 bits per heavy atom. The zero-order valence-corrected chi connectivity index (χ0v) is 15.0. The molecule has 0 heterocycles. The molecule has 2 rings (SSSR count). The second kappa shape index (κ2) is 7.95. The molecular weight excluding hydrogens is 330 g/mol. The van der Waals surface area contributed by atoms with Crippen LogP contribution in [0.4, 0.5) is 0 Å². The maximum atomic E-state index is 12.3. The number of benzene rings is 2. The molecule has 0 spiro atoms. The Kier molecular flexibility index (Phi) is 6.22. The van der Waals surface area contributed by atoms with Crippen LogP contribution in [-0.2, 0) is 22.9 Å². The number of hydrogen-bond donors (Lipinski definition) is 1. The van der Waals surface area contributed by atoms with Gasteiger partial charge in [-0.05, 0) is 54.2 Å². The fourth-order valence-electron chi connectivity index (χ4n) is 2.38. The van der Waals surface area contributed by atoms with Crippen molar-refractivity contribution in [2.75, 3.05) is 6.54 Å². The lowest BCUT2D eigenvalue weighted by molar-refractivity contribution is 0.581. The molecule has 0 unspecified atom stereocenters. The van der Waals surface area contributed by atoms with Crippen LogP contribution in [0.3, 0.4) is 0 Å². The summed E-state index contributed by atoms with van der Waals surface area (Å²) in [6.45, 7) is 4.63. The van der Waals surface area contributed by atoms with Crippen LogP contribution in [0.1, 0.15) is 25.0 Å². The van der Waals surface area contributed by atoms with E-state index in [9.17, 15) is 8.42 Å². The third kappa shape index (κ3) is 5.65. The molecule has 2 aromatic rings. The maximum Gasteiger partial charge on any atom is 0.240 e. The quantitative estimate of drug-likeness (QED) is 0.817. The number of nitrogens with one attached hydrogen (secondary N) is 1. The van der Waals surface area contributed by atoms with E-state index in [2.05, 4.69) is 18.6 Å². The van der Waals surface area contributed by atoms with E-state index in [1.165, 1.54) is 0 Å². The zero-order valence-electron chi connectivity index (χ0n) is 13.4. The normalized spacial score (nSPS) is 11.8. The molecule has 0 atom stereocenters. The predicted octanol–water partition coefficient (Wildman–Crippen LogP) is 4.06. The van der Waals surface area contributed by atoms with Crippen molar-refractivity contribution in [2.24, 2.45) is 5.92 Å². The van der Waals surface area contributed by atoms with Crippen LogP contribution < -0.4 is 4.72 Å². The first-order chi connectivity index (χ1) is 10.9. The first-order valence-corrected chi connectivity index (χ1v) is 9.56. The maximum absolute atomic E-state index is 12.3. The third-order valence-corrected chi connectivity index (χ3v) is 5.18. The molecule has 0 saturated carbocycles. The van der Waals surface area contributed by atoms with Gasteiger partial charge in [0.05, 0.1) is 4.90 Å². The van der Waals surface area contributed by atoms with E-state index in [0.717, 1.165) is 17.5 Å². The molecule has 0 aliphatic heterocycles. The SMILES string of the molecule is CC(C)Cc1ccc(S(=O)(=O)NCCc2cccc(Cl)c2)cc1. The average molecular weight is 352 g/mol. The van der Waals surface area contributed by atoms with Crippen LogP contribution in [0.25, 0.3) is 0 Å². The minimum atomic E-state index is -3.47. The first kappa shape index (κ1) is 18.0. The lowest BCUT2D eigenvalue weighted by atomic mass is 10.0. The fraction of sp³-hybridized carbons (Fsp3) is 0.333. The average Bonchev–Trinajstić information content (AvgIpc) is 2.47. The molecule has 1 N–H and O–H groups in total. The van der Waals surface area contributed by atoms with Gasteiger partial charge in [-0.2, -0.15) is 0 Å². The van der Waals surface area contributed by atoms with E-state index in [4.69, 9.17) is 11.6 Å². The van der Waals surface area contributed by atoms with Gasteiger partial charge in [-0.25, -0.2) is 13.1 Å². The first-order valence-electron chi connectivity index (χ1n) is 7.70. The highest BCUT2D eigenvalue weighted by atomic mass is 35.5. The van der Waals surface area contributed by atoms with Crippen molar-refractivity contribution >= 4 is 21.6 Å². The summed E-state index contributed by atoms with van der Waals surface area (Å²) in [6, 6.07) is 14.5. The summed E-state index contributed by atoms with van der Waals surface area (Å²) >= 11 is 5.92. The Hall–Kier alpha value is -1.36. The summed E-state index contributed by atoms with van der Waals surface area (Å²) < 4.78 is 27.2. The van der Waals surface area contributed by atoms with Gasteiger partial charge in [-0.15, -0.1) is 0 Å². The molecule has 2 aromatic carbocycles. The zero-order chi connectivity index (χ0) is 16.9. The highest BCUT2D eigenvalue weighted by Crippen LogP contribution is 2.14. The van der Waals surface area contributed by atoms with Crippen molar-refractivity contribution in [3.05, 3.63) is 64.7 Å². The summed E-state index contributed by atoms with van der Waals surface area (Å²) in [5.74, 6) is 0.549. The molecule has 124 valence electrons. The number of rotatable bonds is 7. The van der Waals surface area contributed by atoms with Gasteiger partial charge in [-0.1, -0.05) is 49.7 Å². The minimum absolute atomic E-state index is 0.302. The molecule has 0 aromatic heterocycles. The van der Waals surface area contributed by atoms with Gasteiger partial charge < -0.3 is 0 Å². The summed E-state index contributed by atoms with van der Waals surface area (Å²) in [5, 5.41) is 0.658. The van der Waals surface area contributed by atoms with E-state index in [1.807, 2.05) is 30.3 Å². The van der Waals surface area contributed by atoms with E-state index in [-0.39, 0.29) is 0 Å². The lowest BCUT2D eigenvalue weighted by Crippen LogP contribution is -2.26. The fourth-order valence-corrected chi connectivity index (χ4v) is 3.63. The summed E-state index contributed by atoms with van der Waals surface area (Å²) in [6.07, 6.45) is 1.55. The molecule has 3 nitrogen and oxygen atoms in total. The molecule has 0 bridgehead atoms. The molecule has 0 aliphatic carbocycles. The van der Waals surface area contributed by atoms with Crippen LogP contribution in [0.2, 0.25) is 5.02 Å². The van der Waals surface area contributed by atoms with E-state index in [0.29, 0.717) is 28.8 Å². The summed E-state index contributed by atoms with van der Waals surface area (Å²) in [5.41, 5.74) is 2.16. The monoisotopic (exact) mass is 351 g/mol. The molecule has 23 heavy (non-hydrogen) atoms. The van der Waals surface area contributed by atoms with Crippen LogP contribution >= 0.6 is 11.6 Å². The van der Waals surface area contributed by atoms with Gasteiger partial charge in [-0.3, -0.25) is 0 Å². The highest BCUT2D eigenvalue weighted by molar-refractivity contribution is 7.89. The second-order valence-electron chi connectivity index (χ2n) is 6.02.